The third-order valence-corrected chi connectivity index (χ3v) is 5.21. The first-order valence-corrected chi connectivity index (χ1v) is 10.6. The maximum absolute atomic E-state index is 14.1. The van der Waals surface area contributed by atoms with Gasteiger partial charge in [-0.25, -0.2) is 4.98 Å². The number of aromatic nitrogens is 3. The third-order valence-electron chi connectivity index (χ3n) is 4.93. The molecule has 0 fully saturated rings. The SMILES string of the molecule is CCOc1ccccc1-n1c(=S)[nH]c(=O)c2c(C(F)(F)F)cc(-c3cccc(OC(F)F)c3)nc21. The molecular formula is C23H16F5N3O3S. The van der Waals surface area contributed by atoms with Crippen molar-refractivity contribution in [2.24, 2.45) is 0 Å². The van der Waals surface area contributed by atoms with Crippen molar-refractivity contribution in [3.8, 4) is 28.4 Å². The number of pyridine rings is 1. The molecule has 0 saturated heterocycles. The van der Waals surface area contributed by atoms with Gasteiger partial charge < -0.3 is 9.47 Å². The minimum absolute atomic E-state index is 0.0615. The van der Waals surface area contributed by atoms with Crippen LogP contribution in [-0.2, 0) is 6.18 Å². The van der Waals surface area contributed by atoms with E-state index in [1.165, 1.54) is 22.8 Å². The van der Waals surface area contributed by atoms with Crippen molar-refractivity contribution in [2.75, 3.05) is 6.61 Å². The van der Waals surface area contributed by atoms with Gasteiger partial charge in [-0.2, -0.15) is 22.0 Å². The number of rotatable bonds is 6. The Balaban J connectivity index is 2.11. The van der Waals surface area contributed by atoms with Crippen LogP contribution < -0.4 is 15.0 Å². The number of aromatic amines is 1. The molecule has 0 spiro atoms. The van der Waals surface area contributed by atoms with E-state index in [-0.39, 0.29) is 39.7 Å². The van der Waals surface area contributed by atoms with Crippen molar-refractivity contribution in [1.29, 1.82) is 0 Å². The fraction of sp³-hybridized carbons (Fsp3) is 0.174. The molecule has 4 rings (SSSR count). The Bertz CT molecular complexity index is 1520. The Morgan fingerprint density at radius 3 is 2.54 bits per heavy atom. The zero-order chi connectivity index (χ0) is 25.3. The second-order valence-electron chi connectivity index (χ2n) is 7.15. The lowest BCUT2D eigenvalue weighted by Crippen LogP contribution is -2.20. The first kappa shape index (κ1) is 24.3. The first-order valence-electron chi connectivity index (χ1n) is 10.1. The van der Waals surface area contributed by atoms with Gasteiger partial charge in [0.15, 0.2) is 10.4 Å². The monoisotopic (exact) mass is 509 g/mol. The summed E-state index contributed by atoms with van der Waals surface area (Å²) in [5.74, 6) is 0.0323. The molecule has 0 unspecified atom stereocenters. The lowest BCUT2D eigenvalue weighted by Gasteiger charge is -2.18. The molecule has 0 radical (unpaired) electrons. The van der Waals surface area contributed by atoms with Gasteiger partial charge in [-0.1, -0.05) is 24.3 Å². The molecule has 182 valence electrons. The van der Waals surface area contributed by atoms with Gasteiger partial charge in [-0.05, 0) is 49.5 Å². The topological polar surface area (TPSA) is 69.1 Å². The molecule has 1 N–H and O–H groups in total. The number of fused-ring (bicyclic) bond motifs is 1. The Kier molecular flexibility index (Phi) is 6.57. The van der Waals surface area contributed by atoms with Crippen LogP contribution in [0.1, 0.15) is 12.5 Å². The molecule has 4 aromatic rings. The van der Waals surface area contributed by atoms with Gasteiger partial charge in [-0.15, -0.1) is 0 Å². The fourth-order valence-electron chi connectivity index (χ4n) is 3.57. The Hall–Kier alpha value is -3.80. The molecule has 0 amide bonds. The summed E-state index contributed by atoms with van der Waals surface area (Å²) in [5.41, 5.74) is -2.63. The molecule has 0 atom stereocenters. The Morgan fingerprint density at radius 1 is 1.11 bits per heavy atom. The van der Waals surface area contributed by atoms with Crippen molar-refractivity contribution in [3.05, 3.63) is 75.3 Å². The summed E-state index contributed by atoms with van der Waals surface area (Å²) in [4.78, 5) is 19.3. The summed E-state index contributed by atoms with van der Waals surface area (Å²) in [6, 6.07) is 12.2. The predicted octanol–water partition coefficient (Wildman–Crippen LogP) is 6.13. The van der Waals surface area contributed by atoms with Gasteiger partial charge >= 0.3 is 12.8 Å². The molecule has 0 bridgehead atoms. The second kappa shape index (κ2) is 9.45. The smallest absolute Gasteiger partial charge is 0.417 e. The summed E-state index contributed by atoms with van der Waals surface area (Å²) < 4.78 is 78.6. The molecule has 0 aliphatic rings. The van der Waals surface area contributed by atoms with Gasteiger partial charge in [0.25, 0.3) is 5.56 Å². The van der Waals surface area contributed by atoms with Crippen LogP contribution in [0.3, 0.4) is 0 Å². The number of nitrogens with one attached hydrogen (secondary N) is 1. The van der Waals surface area contributed by atoms with Crippen LogP contribution in [-0.4, -0.2) is 27.8 Å². The van der Waals surface area contributed by atoms with Crippen LogP contribution in [0.15, 0.2) is 59.4 Å². The van der Waals surface area contributed by atoms with E-state index in [1.54, 1.807) is 31.2 Å². The molecule has 2 aromatic carbocycles. The van der Waals surface area contributed by atoms with Gasteiger partial charge in [0.05, 0.1) is 28.9 Å². The van der Waals surface area contributed by atoms with Crippen molar-refractivity contribution >= 4 is 23.3 Å². The van der Waals surface area contributed by atoms with Crippen LogP contribution in [0.25, 0.3) is 28.0 Å². The van der Waals surface area contributed by atoms with E-state index in [1.807, 2.05) is 0 Å². The zero-order valence-corrected chi connectivity index (χ0v) is 18.7. The van der Waals surface area contributed by atoms with Crippen molar-refractivity contribution in [3.63, 3.8) is 0 Å². The molecular weight excluding hydrogens is 493 g/mol. The fourth-order valence-corrected chi connectivity index (χ4v) is 3.85. The summed E-state index contributed by atoms with van der Waals surface area (Å²) in [7, 11) is 0. The molecule has 12 heteroatoms. The summed E-state index contributed by atoms with van der Waals surface area (Å²) in [6.07, 6.45) is -4.94. The molecule has 35 heavy (non-hydrogen) atoms. The number of halogens is 5. The number of hydrogen-bond donors (Lipinski definition) is 1. The van der Waals surface area contributed by atoms with Gasteiger partial charge in [0.2, 0.25) is 0 Å². The number of ether oxygens (including phenoxy) is 2. The minimum atomic E-state index is -4.94. The molecule has 2 aromatic heterocycles. The number of para-hydroxylation sites is 2. The summed E-state index contributed by atoms with van der Waals surface area (Å²) in [6.45, 7) is -1.14. The highest BCUT2D eigenvalue weighted by molar-refractivity contribution is 7.71. The van der Waals surface area contributed by atoms with E-state index in [4.69, 9.17) is 17.0 Å². The maximum atomic E-state index is 14.1. The summed E-state index contributed by atoms with van der Waals surface area (Å²) >= 11 is 5.28. The first-order chi connectivity index (χ1) is 16.6. The van der Waals surface area contributed by atoms with E-state index in [2.05, 4.69) is 14.7 Å². The van der Waals surface area contributed by atoms with E-state index in [0.717, 1.165) is 6.07 Å². The highest BCUT2D eigenvalue weighted by Gasteiger charge is 2.36. The lowest BCUT2D eigenvalue weighted by molar-refractivity contribution is -0.136. The van der Waals surface area contributed by atoms with Crippen molar-refractivity contribution in [1.82, 2.24) is 14.5 Å². The Labute approximate surface area is 199 Å². The van der Waals surface area contributed by atoms with Gasteiger partial charge in [0, 0.05) is 5.56 Å². The van der Waals surface area contributed by atoms with Crippen LogP contribution in [0, 0.1) is 4.77 Å². The van der Waals surface area contributed by atoms with Crippen LogP contribution in [0.4, 0.5) is 22.0 Å². The molecule has 2 heterocycles. The quantitative estimate of drug-likeness (QED) is 0.250. The van der Waals surface area contributed by atoms with Crippen LogP contribution in [0.2, 0.25) is 0 Å². The zero-order valence-electron chi connectivity index (χ0n) is 17.9. The largest absolute Gasteiger partial charge is 0.492 e. The van der Waals surface area contributed by atoms with Crippen LogP contribution in [0.5, 0.6) is 11.5 Å². The number of alkyl halides is 5. The Morgan fingerprint density at radius 2 is 1.86 bits per heavy atom. The van der Waals surface area contributed by atoms with Crippen molar-refractivity contribution in [2.45, 2.75) is 19.7 Å². The van der Waals surface area contributed by atoms with Crippen LogP contribution >= 0.6 is 12.2 Å². The average molecular weight is 509 g/mol. The van der Waals surface area contributed by atoms with E-state index in [0.29, 0.717) is 11.8 Å². The lowest BCUT2D eigenvalue weighted by atomic mass is 10.1. The normalized spacial score (nSPS) is 11.7. The third kappa shape index (κ3) is 4.87. The number of benzene rings is 2. The van der Waals surface area contributed by atoms with Gasteiger partial charge in [-0.3, -0.25) is 14.3 Å². The molecule has 0 aliphatic heterocycles. The maximum Gasteiger partial charge on any atom is 0.417 e. The molecule has 0 saturated carbocycles. The van der Waals surface area contributed by atoms with E-state index >= 15 is 0 Å². The highest BCUT2D eigenvalue weighted by Crippen LogP contribution is 2.37. The molecule has 6 nitrogen and oxygen atoms in total. The van der Waals surface area contributed by atoms with E-state index < -0.39 is 29.3 Å². The minimum Gasteiger partial charge on any atom is -0.492 e. The molecule has 0 aliphatic carbocycles. The average Bonchev–Trinajstić information content (AvgIpc) is 2.78. The predicted molar refractivity (Wildman–Crippen MR) is 121 cm³/mol. The van der Waals surface area contributed by atoms with E-state index in [9.17, 15) is 26.7 Å². The number of hydrogen-bond acceptors (Lipinski definition) is 5. The van der Waals surface area contributed by atoms with Gasteiger partial charge in [0.1, 0.15) is 11.5 Å². The van der Waals surface area contributed by atoms with Crippen molar-refractivity contribution < 1.29 is 31.4 Å². The second-order valence-corrected chi connectivity index (χ2v) is 7.54. The highest BCUT2D eigenvalue weighted by atomic mass is 32.1. The number of nitrogens with zero attached hydrogens (tertiary/aromatic N) is 2. The standard InChI is InChI=1S/C23H16F5N3O3S/c1-2-33-17-9-4-3-8-16(17)31-19-18(20(32)30-22(31)35)14(23(26,27)28)11-15(29-19)12-6-5-7-13(10-12)34-21(24)25/h3-11,21H,2H2,1H3,(H,30,32,35). The summed E-state index contributed by atoms with van der Waals surface area (Å²) in [5, 5.41) is -0.735. The number of H-pyrrole nitrogens is 1.